The minimum absolute atomic E-state index is 0.138. The van der Waals surface area contributed by atoms with Crippen LogP contribution in [0.4, 0.5) is 4.39 Å². The molecule has 0 saturated heterocycles. The third-order valence-electron chi connectivity index (χ3n) is 3.49. The molecule has 2 nitrogen and oxygen atoms in total. The molecule has 0 bridgehead atoms. The van der Waals surface area contributed by atoms with Crippen LogP contribution in [0.2, 0.25) is 0 Å². The van der Waals surface area contributed by atoms with Crippen LogP contribution in [-0.4, -0.2) is 20.2 Å². The van der Waals surface area contributed by atoms with Crippen molar-refractivity contribution in [1.82, 2.24) is 5.32 Å². The number of rotatable bonds is 3. The number of methoxy groups -OCH3 is 1. The highest BCUT2D eigenvalue weighted by molar-refractivity contribution is 5.31. The van der Waals surface area contributed by atoms with Gasteiger partial charge in [-0.25, -0.2) is 4.39 Å². The molecule has 1 aliphatic rings. The van der Waals surface area contributed by atoms with Gasteiger partial charge in [-0.3, -0.25) is 0 Å². The monoisotopic (exact) mass is 223 g/mol. The van der Waals surface area contributed by atoms with E-state index in [2.05, 4.69) is 5.32 Å². The van der Waals surface area contributed by atoms with Crippen LogP contribution in [0.15, 0.2) is 18.2 Å². The van der Waals surface area contributed by atoms with Crippen LogP contribution >= 0.6 is 0 Å². The molecule has 0 radical (unpaired) electrons. The maximum atomic E-state index is 13.8. The molecule has 2 rings (SSSR count). The van der Waals surface area contributed by atoms with Gasteiger partial charge in [0.15, 0.2) is 0 Å². The van der Waals surface area contributed by atoms with Crippen LogP contribution in [0.3, 0.4) is 0 Å². The highest BCUT2D eigenvalue weighted by atomic mass is 19.1. The first-order chi connectivity index (χ1) is 7.74. The van der Waals surface area contributed by atoms with Crippen LogP contribution in [0.5, 0.6) is 5.75 Å². The fourth-order valence-corrected chi connectivity index (χ4v) is 2.49. The summed E-state index contributed by atoms with van der Waals surface area (Å²) in [5.74, 6) is 0.800. The minimum atomic E-state index is -0.138. The highest BCUT2D eigenvalue weighted by Gasteiger charge is 2.26. The normalized spacial score (nSPS) is 24.7. The molecule has 88 valence electrons. The van der Waals surface area contributed by atoms with Crippen molar-refractivity contribution in [2.45, 2.75) is 31.2 Å². The summed E-state index contributed by atoms with van der Waals surface area (Å²) < 4.78 is 18.8. The molecule has 0 spiro atoms. The number of benzene rings is 1. The van der Waals surface area contributed by atoms with E-state index >= 15 is 0 Å². The summed E-state index contributed by atoms with van der Waals surface area (Å²) in [4.78, 5) is 0. The zero-order valence-corrected chi connectivity index (χ0v) is 9.79. The van der Waals surface area contributed by atoms with Crippen molar-refractivity contribution in [2.75, 3.05) is 14.2 Å². The Labute approximate surface area is 95.8 Å². The van der Waals surface area contributed by atoms with Crippen LogP contribution in [0.1, 0.15) is 30.7 Å². The van der Waals surface area contributed by atoms with Crippen molar-refractivity contribution in [3.63, 3.8) is 0 Å². The molecule has 1 aliphatic carbocycles. The summed E-state index contributed by atoms with van der Waals surface area (Å²) in [7, 11) is 3.53. The zero-order valence-electron chi connectivity index (χ0n) is 9.79. The minimum Gasteiger partial charge on any atom is -0.497 e. The third-order valence-corrected chi connectivity index (χ3v) is 3.49. The quantitative estimate of drug-likeness (QED) is 0.850. The number of halogens is 1. The van der Waals surface area contributed by atoms with Crippen LogP contribution in [-0.2, 0) is 0 Å². The predicted octanol–water partition coefficient (Wildman–Crippen LogP) is 2.69. The van der Waals surface area contributed by atoms with Gasteiger partial charge in [0.05, 0.1) is 7.11 Å². The van der Waals surface area contributed by atoms with Gasteiger partial charge in [0, 0.05) is 12.1 Å². The van der Waals surface area contributed by atoms with Gasteiger partial charge in [0.2, 0.25) is 0 Å². The highest BCUT2D eigenvalue weighted by Crippen LogP contribution is 2.36. The Morgan fingerprint density at radius 3 is 2.75 bits per heavy atom. The van der Waals surface area contributed by atoms with Crippen molar-refractivity contribution in [3.8, 4) is 5.75 Å². The SMILES string of the molecule is CNC1CCC(c2ccc(OC)cc2F)C1. The van der Waals surface area contributed by atoms with E-state index in [0.717, 1.165) is 24.8 Å². The molecule has 3 heteroatoms. The van der Waals surface area contributed by atoms with Crippen molar-refractivity contribution in [2.24, 2.45) is 0 Å². The first kappa shape index (κ1) is 11.4. The van der Waals surface area contributed by atoms with Crippen LogP contribution in [0, 0.1) is 5.82 Å². The standard InChI is InChI=1S/C13H18FNO/c1-15-10-4-3-9(7-10)12-6-5-11(16-2)8-13(12)14/h5-6,8-10,15H,3-4,7H2,1-2H3. The molecular weight excluding hydrogens is 205 g/mol. The summed E-state index contributed by atoms with van der Waals surface area (Å²) in [6.45, 7) is 0. The number of hydrogen-bond acceptors (Lipinski definition) is 2. The van der Waals surface area contributed by atoms with E-state index in [0.29, 0.717) is 17.7 Å². The summed E-state index contributed by atoms with van der Waals surface area (Å²) in [5, 5.41) is 3.26. The molecule has 1 N–H and O–H groups in total. The molecule has 1 aromatic rings. The Morgan fingerprint density at radius 1 is 1.38 bits per heavy atom. The van der Waals surface area contributed by atoms with Gasteiger partial charge in [0.25, 0.3) is 0 Å². The Kier molecular flexibility index (Phi) is 3.44. The first-order valence-electron chi connectivity index (χ1n) is 5.75. The molecule has 0 aliphatic heterocycles. The zero-order chi connectivity index (χ0) is 11.5. The molecule has 0 aromatic heterocycles. The fraction of sp³-hybridized carbons (Fsp3) is 0.538. The lowest BCUT2D eigenvalue weighted by Crippen LogP contribution is -2.21. The second-order valence-electron chi connectivity index (χ2n) is 4.38. The average Bonchev–Trinajstić information content (AvgIpc) is 2.77. The average molecular weight is 223 g/mol. The third kappa shape index (κ3) is 2.19. The lowest BCUT2D eigenvalue weighted by Gasteiger charge is -2.13. The molecular formula is C13H18FNO. The lowest BCUT2D eigenvalue weighted by molar-refractivity contribution is 0.410. The summed E-state index contributed by atoms with van der Waals surface area (Å²) in [5.41, 5.74) is 0.832. The Morgan fingerprint density at radius 2 is 2.19 bits per heavy atom. The van der Waals surface area contributed by atoms with Gasteiger partial charge in [0.1, 0.15) is 11.6 Å². The summed E-state index contributed by atoms with van der Waals surface area (Å²) >= 11 is 0. The Balaban J connectivity index is 2.15. The van der Waals surface area contributed by atoms with Gasteiger partial charge in [-0.2, -0.15) is 0 Å². The molecule has 0 heterocycles. The second-order valence-corrected chi connectivity index (χ2v) is 4.38. The summed E-state index contributed by atoms with van der Waals surface area (Å²) in [6.07, 6.45) is 3.22. The largest absolute Gasteiger partial charge is 0.497 e. The fourth-order valence-electron chi connectivity index (χ4n) is 2.49. The van der Waals surface area contributed by atoms with E-state index in [9.17, 15) is 4.39 Å². The van der Waals surface area contributed by atoms with Gasteiger partial charge in [-0.1, -0.05) is 6.07 Å². The van der Waals surface area contributed by atoms with E-state index in [4.69, 9.17) is 4.74 Å². The topological polar surface area (TPSA) is 21.3 Å². The predicted molar refractivity (Wildman–Crippen MR) is 62.4 cm³/mol. The van der Waals surface area contributed by atoms with Crippen molar-refractivity contribution in [1.29, 1.82) is 0 Å². The molecule has 1 saturated carbocycles. The second kappa shape index (κ2) is 4.83. The number of hydrogen-bond donors (Lipinski definition) is 1. The Bertz CT molecular complexity index is 367. The van der Waals surface area contributed by atoms with Crippen molar-refractivity contribution in [3.05, 3.63) is 29.6 Å². The number of nitrogens with one attached hydrogen (secondary N) is 1. The van der Waals surface area contributed by atoms with Crippen LogP contribution in [0.25, 0.3) is 0 Å². The first-order valence-corrected chi connectivity index (χ1v) is 5.75. The summed E-state index contributed by atoms with van der Waals surface area (Å²) in [6, 6.07) is 5.70. The molecule has 1 aromatic carbocycles. The number of ether oxygens (including phenoxy) is 1. The van der Waals surface area contributed by atoms with E-state index in [-0.39, 0.29) is 5.82 Å². The molecule has 2 unspecified atom stereocenters. The Hall–Kier alpha value is -1.09. The maximum absolute atomic E-state index is 13.8. The lowest BCUT2D eigenvalue weighted by atomic mass is 9.97. The van der Waals surface area contributed by atoms with Gasteiger partial charge >= 0.3 is 0 Å². The van der Waals surface area contributed by atoms with E-state index in [1.54, 1.807) is 7.11 Å². The molecule has 2 atom stereocenters. The van der Waals surface area contributed by atoms with Gasteiger partial charge in [-0.05, 0) is 43.9 Å². The van der Waals surface area contributed by atoms with Crippen molar-refractivity contribution < 1.29 is 9.13 Å². The van der Waals surface area contributed by atoms with Crippen molar-refractivity contribution >= 4 is 0 Å². The molecule has 1 fully saturated rings. The van der Waals surface area contributed by atoms with Gasteiger partial charge < -0.3 is 10.1 Å². The molecule has 16 heavy (non-hydrogen) atoms. The van der Waals surface area contributed by atoms with E-state index in [1.165, 1.54) is 6.07 Å². The van der Waals surface area contributed by atoms with E-state index < -0.39 is 0 Å². The smallest absolute Gasteiger partial charge is 0.130 e. The molecule has 0 amide bonds. The van der Waals surface area contributed by atoms with E-state index in [1.807, 2.05) is 19.2 Å². The van der Waals surface area contributed by atoms with Crippen LogP contribution < -0.4 is 10.1 Å². The maximum Gasteiger partial charge on any atom is 0.130 e. The van der Waals surface area contributed by atoms with Gasteiger partial charge in [-0.15, -0.1) is 0 Å².